The Bertz CT molecular complexity index is 578. The molecule has 0 saturated heterocycles. The maximum atomic E-state index is 11.8. The molecule has 0 aliphatic carbocycles. The lowest BCUT2D eigenvalue weighted by Crippen LogP contribution is -2.10. The number of aliphatic hydroxyl groups excluding tert-OH is 1. The third-order valence-corrected chi connectivity index (χ3v) is 2.84. The molecule has 2 aromatic heterocycles. The van der Waals surface area contributed by atoms with E-state index >= 15 is 0 Å². The number of amides is 1. The molecule has 0 radical (unpaired) electrons. The molecular weight excluding hydrogens is 252 g/mol. The van der Waals surface area contributed by atoms with E-state index in [4.69, 9.17) is 5.11 Å². The first-order chi connectivity index (χ1) is 8.79. The molecule has 0 atom stereocenters. The Hall–Kier alpha value is -2.10. The number of carbonyl (C=O) groups excluding carboxylic acids is 1. The summed E-state index contributed by atoms with van der Waals surface area (Å²) in [4.78, 5) is 12.6. The van der Waals surface area contributed by atoms with Crippen molar-refractivity contribution in [1.82, 2.24) is 5.16 Å². The van der Waals surface area contributed by atoms with Gasteiger partial charge in [0.1, 0.15) is 6.26 Å². The van der Waals surface area contributed by atoms with E-state index in [1.54, 1.807) is 17.5 Å². The minimum atomic E-state index is -0.254. The van der Waals surface area contributed by atoms with Gasteiger partial charge in [-0.2, -0.15) is 0 Å². The van der Waals surface area contributed by atoms with E-state index in [0.29, 0.717) is 17.8 Å². The van der Waals surface area contributed by atoms with Crippen LogP contribution in [0.15, 0.2) is 28.3 Å². The van der Waals surface area contributed by atoms with Gasteiger partial charge in [0.2, 0.25) is 0 Å². The highest BCUT2D eigenvalue weighted by Gasteiger charge is 2.09. The lowest BCUT2D eigenvalue weighted by Gasteiger charge is -1.96. The predicted molar refractivity (Wildman–Crippen MR) is 67.4 cm³/mol. The summed E-state index contributed by atoms with van der Waals surface area (Å²) < 4.78 is 4.61. The summed E-state index contributed by atoms with van der Waals surface area (Å²) in [5, 5.41) is 16.5. The number of aliphatic hydroxyl groups is 1. The van der Waals surface area contributed by atoms with Crippen LogP contribution < -0.4 is 5.32 Å². The Morgan fingerprint density at radius 1 is 1.61 bits per heavy atom. The molecule has 18 heavy (non-hydrogen) atoms. The van der Waals surface area contributed by atoms with Crippen LogP contribution in [0.5, 0.6) is 0 Å². The van der Waals surface area contributed by atoms with Gasteiger partial charge in [-0.05, 0) is 6.07 Å². The zero-order valence-corrected chi connectivity index (χ0v) is 10.2. The standard InChI is InChI=1S/C12H10N2O3S/c15-5-2-1-3-10-7-9(8-18-10)12(16)13-11-4-6-17-14-11/h4,6-8,15H,2,5H2,(H,13,14,16). The number of nitrogens with one attached hydrogen (secondary N) is 1. The topological polar surface area (TPSA) is 75.4 Å². The van der Waals surface area contributed by atoms with Gasteiger partial charge in [0, 0.05) is 17.9 Å². The van der Waals surface area contributed by atoms with Crippen molar-refractivity contribution >= 4 is 23.1 Å². The molecule has 2 N–H and O–H groups in total. The highest BCUT2D eigenvalue weighted by Crippen LogP contribution is 2.15. The first-order valence-electron chi connectivity index (χ1n) is 5.19. The molecule has 0 spiro atoms. The highest BCUT2D eigenvalue weighted by molar-refractivity contribution is 7.10. The van der Waals surface area contributed by atoms with Gasteiger partial charge in [0.05, 0.1) is 17.0 Å². The first-order valence-corrected chi connectivity index (χ1v) is 6.07. The molecule has 5 nitrogen and oxygen atoms in total. The van der Waals surface area contributed by atoms with Crippen molar-refractivity contribution in [3.05, 3.63) is 34.2 Å². The van der Waals surface area contributed by atoms with Crippen molar-refractivity contribution in [3.63, 3.8) is 0 Å². The Morgan fingerprint density at radius 2 is 2.50 bits per heavy atom. The molecule has 2 aromatic rings. The minimum Gasteiger partial charge on any atom is -0.395 e. The average molecular weight is 262 g/mol. The van der Waals surface area contributed by atoms with Crippen LogP contribution in [0.3, 0.4) is 0 Å². The van der Waals surface area contributed by atoms with Crippen molar-refractivity contribution in [2.45, 2.75) is 6.42 Å². The summed E-state index contributed by atoms with van der Waals surface area (Å²) in [6, 6.07) is 3.26. The molecule has 92 valence electrons. The van der Waals surface area contributed by atoms with E-state index in [1.165, 1.54) is 17.6 Å². The van der Waals surface area contributed by atoms with Gasteiger partial charge in [0.25, 0.3) is 5.91 Å². The molecular formula is C12H10N2O3S. The lowest BCUT2D eigenvalue weighted by molar-refractivity contribution is 0.102. The smallest absolute Gasteiger partial charge is 0.257 e. The number of hydrogen-bond donors (Lipinski definition) is 2. The van der Waals surface area contributed by atoms with Crippen molar-refractivity contribution in [2.24, 2.45) is 0 Å². The van der Waals surface area contributed by atoms with Crippen LogP contribution in [-0.4, -0.2) is 22.8 Å². The molecule has 2 heterocycles. The van der Waals surface area contributed by atoms with Crippen LogP contribution in [0.2, 0.25) is 0 Å². The van der Waals surface area contributed by atoms with Gasteiger partial charge < -0.3 is 14.9 Å². The number of anilines is 1. The van der Waals surface area contributed by atoms with E-state index in [9.17, 15) is 4.79 Å². The van der Waals surface area contributed by atoms with Crippen LogP contribution in [0.4, 0.5) is 5.82 Å². The zero-order valence-electron chi connectivity index (χ0n) is 9.34. The van der Waals surface area contributed by atoms with Crippen LogP contribution >= 0.6 is 11.3 Å². The predicted octanol–water partition coefficient (Wildman–Crippen LogP) is 1.72. The third kappa shape index (κ3) is 3.20. The normalized spacial score (nSPS) is 9.61. The van der Waals surface area contributed by atoms with Gasteiger partial charge in [-0.3, -0.25) is 4.79 Å². The van der Waals surface area contributed by atoms with Crippen molar-refractivity contribution in [2.75, 3.05) is 11.9 Å². The van der Waals surface area contributed by atoms with Crippen LogP contribution in [0, 0.1) is 11.8 Å². The van der Waals surface area contributed by atoms with Gasteiger partial charge in [0.15, 0.2) is 5.82 Å². The molecule has 0 aliphatic rings. The zero-order chi connectivity index (χ0) is 12.8. The monoisotopic (exact) mass is 262 g/mol. The molecule has 0 aliphatic heterocycles. The van der Waals surface area contributed by atoms with Crippen LogP contribution in [0.1, 0.15) is 21.7 Å². The molecule has 6 heteroatoms. The molecule has 0 aromatic carbocycles. The average Bonchev–Trinajstić information content (AvgIpc) is 3.00. The summed E-state index contributed by atoms with van der Waals surface area (Å²) >= 11 is 1.38. The number of thiophene rings is 1. The fourth-order valence-electron chi connectivity index (χ4n) is 1.19. The van der Waals surface area contributed by atoms with Gasteiger partial charge in [-0.25, -0.2) is 0 Å². The number of rotatable bonds is 3. The van der Waals surface area contributed by atoms with Gasteiger partial charge >= 0.3 is 0 Å². The summed E-state index contributed by atoms with van der Waals surface area (Å²) in [7, 11) is 0. The lowest BCUT2D eigenvalue weighted by atomic mass is 10.3. The van der Waals surface area contributed by atoms with Crippen LogP contribution in [0.25, 0.3) is 0 Å². The summed E-state index contributed by atoms with van der Waals surface area (Å²) in [6.07, 6.45) is 1.81. The van der Waals surface area contributed by atoms with Gasteiger partial charge in [-0.15, -0.1) is 11.3 Å². The maximum absolute atomic E-state index is 11.8. The van der Waals surface area contributed by atoms with E-state index in [1.807, 2.05) is 0 Å². The molecule has 2 rings (SSSR count). The molecule has 0 fully saturated rings. The second-order valence-corrected chi connectivity index (χ2v) is 4.23. The van der Waals surface area contributed by atoms with Crippen molar-refractivity contribution in [3.8, 4) is 11.8 Å². The van der Waals surface area contributed by atoms with Crippen LogP contribution in [-0.2, 0) is 0 Å². The minimum absolute atomic E-state index is 0.0396. The number of nitrogens with zero attached hydrogens (tertiary/aromatic N) is 1. The van der Waals surface area contributed by atoms with E-state index in [0.717, 1.165) is 4.88 Å². The second kappa shape index (κ2) is 6.00. The first kappa shape index (κ1) is 12.4. The largest absolute Gasteiger partial charge is 0.395 e. The molecule has 0 bridgehead atoms. The summed E-state index contributed by atoms with van der Waals surface area (Å²) in [5.41, 5.74) is 0.524. The maximum Gasteiger partial charge on any atom is 0.257 e. The SMILES string of the molecule is O=C(Nc1ccon1)c1csc(C#CCCO)c1. The summed E-state index contributed by atoms with van der Waals surface area (Å²) in [6.45, 7) is 0.0396. The summed E-state index contributed by atoms with van der Waals surface area (Å²) in [5.74, 6) is 5.79. The Kier molecular flexibility index (Phi) is 4.12. The fourth-order valence-corrected chi connectivity index (χ4v) is 1.95. The van der Waals surface area contributed by atoms with E-state index in [-0.39, 0.29) is 12.5 Å². The Labute approximate surface area is 107 Å². The van der Waals surface area contributed by atoms with Crippen molar-refractivity contribution in [1.29, 1.82) is 0 Å². The Balaban J connectivity index is 2.02. The van der Waals surface area contributed by atoms with Gasteiger partial charge in [-0.1, -0.05) is 17.0 Å². The molecule has 1 amide bonds. The molecule has 0 saturated carbocycles. The number of hydrogen-bond acceptors (Lipinski definition) is 5. The van der Waals surface area contributed by atoms with E-state index in [2.05, 4.69) is 26.8 Å². The highest BCUT2D eigenvalue weighted by atomic mass is 32.1. The molecule has 0 unspecified atom stereocenters. The third-order valence-electron chi connectivity index (χ3n) is 1.99. The fraction of sp³-hybridized carbons (Fsp3) is 0.167. The number of aromatic nitrogens is 1. The number of carbonyl (C=O) groups is 1. The Morgan fingerprint density at radius 3 is 3.22 bits per heavy atom. The van der Waals surface area contributed by atoms with E-state index < -0.39 is 0 Å². The van der Waals surface area contributed by atoms with Crippen molar-refractivity contribution < 1.29 is 14.4 Å². The quantitative estimate of drug-likeness (QED) is 0.826. The second-order valence-electron chi connectivity index (χ2n) is 3.31.